The van der Waals surface area contributed by atoms with Crippen molar-refractivity contribution in [2.24, 2.45) is 5.92 Å². The number of carbonyl (C=O) groups is 2. The van der Waals surface area contributed by atoms with Gasteiger partial charge < -0.3 is 19.7 Å². The molecule has 3 rings (SSSR count). The number of hydrogen-bond donors (Lipinski definition) is 2. The molecule has 2 aromatic carbocycles. The number of halogens is 2. The van der Waals surface area contributed by atoms with Crippen molar-refractivity contribution in [3.8, 4) is 11.1 Å². The highest BCUT2D eigenvalue weighted by Crippen LogP contribution is 2.27. The molecule has 9 heteroatoms. The zero-order valence-corrected chi connectivity index (χ0v) is 20.3. The van der Waals surface area contributed by atoms with Crippen LogP contribution in [0, 0.1) is 11.7 Å². The normalized spacial score (nSPS) is 12.8. The Bertz CT molecular complexity index is 1150. The SMILES string of the molecule is CCOC[C@H](C[C@@H](Cc1ccc(-c2cc(Cl)ccc2F)cc1)NC(=O)c1cc(CC)no1)C(=O)O. The average Bonchev–Trinajstić information content (AvgIpc) is 3.33. The largest absolute Gasteiger partial charge is 0.481 e. The second kappa shape index (κ2) is 12.5. The van der Waals surface area contributed by atoms with Crippen LogP contribution in [0.1, 0.15) is 42.1 Å². The fourth-order valence-corrected chi connectivity index (χ4v) is 3.87. The van der Waals surface area contributed by atoms with E-state index < -0.39 is 23.8 Å². The maximum Gasteiger partial charge on any atom is 0.308 e. The van der Waals surface area contributed by atoms with Gasteiger partial charge in [-0.25, -0.2) is 4.39 Å². The minimum absolute atomic E-state index is 0.0352. The molecule has 0 aliphatic rings. The second-order valence-corrected chi connectivity index (χ2v) is 8.60. The Morgan fingerprint density at radius 3 is 2.54 bits per heavy atom. The van der Waals surface area contributed by atoms with E-state index in [9.17, 15) is 19.1 Å². The van der Waals surface area contributed by atoms with E-state index in [-0.39, 0.29) is 24.6 Å². The van der Waals surface area contributed by atoms with Crippen LogP contribution in [0.4, 0.5) is 4.39 Å². The Hall–Kier alpha value is -3.23. The van der Waals surface area contributed by atoms with Crippen molar-refractivity contribution in [2.45, 2.75) is 39.2 Å². The lowest BCUT2D eigenvalue weighted by Gasteiger charge is -2.22. The Labute approximate surface area is 208 Å². The van der Waals surface area contributed by atoms with E-state index in [4.69, 9.17) is 20.9 Å². The van der Waals surface area contributed by atoms with Gasteiger partial charge in [-0.2, -0.15) is 0 Å². The number of aryl methyl sites for hydroxylation is 1. The van der Waals surface area contributed by atoms with Gasteiger partial charge in [-0.1, -0.05) is 47.9 Å². The number of rotatable bonds is 12. The summed E-state index contributed by atoms with van der Waals surface area (Å²) in [4.78, 5) is 24.6. The summed E-state index contributed by atoms with van der Waals surface area (Å²) in [5.41, 5.74) is 2.53. The molecule has 3 aromatic rings. The number of aromatic nitrogens is 1. The highest BCUT2D eigenvalue weighted by Gasteiger charge is 2.26. The molecule has 7 nitrogen and oxygen atoms in total. The number of amides is 1. The molecule has 0 fully saturated rings. The Balaban J connectivity index is 1.80. The summed E-state index contributed by atoms with van der Waals surface area (Å²) < 4.78 is 24.7. The second-order valence-electron chi connectivity index (χ2n) is 8.16. The summed E-state index contributed by atoms with van der Waals surface area (Å²) in [5, 5.41) is 16.8. The summed E-state index contributed by atoms with van der Waals surface area (Å²) in [6.07, 6.45) is 1.13. The molecule has 0 radical (unpaired) electrons. The van der Waals surface area contributed by atoms with Gasteiger partial charge in [-0.15, -0.1) is 0 Å². The summed E-state index contributed by atoms with van der Waals surface area (Å²) in [6, 6.07) is 12.6. The Kier molecular flexibility index (Phi) is 9.39. The summed E-state index contributed by atoms with van der Waals surface area (Å²) >= 11 is 6.01. The number of nitrogens with one attached hydrogen (secondary N) is 1. The van der Waals surface area contributed by atoms with E-state index in [1.54, 1.807) is 31.2 Å². The van der Waals surface area contributed by atoms with Gasteiger partial charge in [0, 0.05) is 29.3 Å². The van der Waals surface area contributed by atoms with Crippen molar-refractivity contribution in [1.82, 2.24) is 10.5 Å². The lowest BCUT2D eigenvalue weighted by molar-refractivity contribution is -0.144. The zero-order chi connectivity index (χ0) is 25.4. The monoisotopic (exact) mass is 502 g/mol. The Morgan fingerprint density at radius 2 is 1.91 bits per heavy atom. The molecule has 1 heterocycles. The first-order valence-electron chi connectivity index (χ1n) is 11.4. The van der Waals surface area contributed by atoms with Crippen molar-refractivity contribution in [2.75, 3.05) is 13.2 Å². The smallest absolute Gasteiger partial charge is 0.308 e. The van der Waals surface area contributed by atoms with Gasteiger partial charge in [-0.3, -0.25) is 9.59 Å². The number of aliphatic carboxylic acids is 1. The summed E-state index contributed by atoms with van der Waals surface area (Å²) in [6.45, 7) is 4.11. The summed E-state index contributed by atoms with van der Waals surface area (Å²) in [7, 11) is 0. The molecule has 35 heavy (non-hydrogen) atoms. The zero-order valence-electron chi connectivity index (χ0n) is 19.6. The molecule has 0 saturated carbocycles. The highest BCUT2D eigenvalue weighted by atomic mass is 35.5. The number of ether oxygens (including phenoxy) is 1. The molecule has 0 aliphatic heterocycles. The maximum atomic E-state index is 14.2. The molecule has 0 unspecified atom stereocenters. The van der Waals surface area contributed by atoms with Crippen LogP contribution in [0.25, 0.3) is 11.1 Å². The van der Waals surface area contributed by atoms with Gasteiger partial charge in [-0.05, 0) is 55.5 Å². The minimum Gasteiger partial charge on any atom is -0.481 e. The molecule has 1 aromatic heterocycles. The van der Waals surface area contributed by atoms with Crippen LogP contribution < -0.4 is 5.32 Å². The van der Waals surface area contributed by atoms with Crippen molar-refractivity contribution < 1.29 is 28.3 Å². The van der Waals surface area contributed by atoms with Gasteiger partial charge in [0.1, 0.15) is 5.82 Å². The van der Waals surface area contributed by atoms with Crippen molar-refractivity contribution in [3.05, 3.63) is 76.4 Å². The predicted molar refractivity (Wildman–Crippen MR) is 130 cm³/mol. The molecule has 0 saturated heterocycles. The first-order chi connectivity index (χ1) is 16.8. The quantitative estimate of drug-likeness (QED) is 0.354. The lowest BCUT2D eigenvalue weighted by Crippen LogP contribution is -2.40. The number of carboxylic acids is 1. The van der Waals surface area contributed by atoms with E-state index in [1.807, 2.05) is 19.1 Å². The van der Waals surface area contributed by atoms with Crippen LogP contribution in [0.5, 0.6) is 0 Å². The third-order valence-electron chi connectivity index (χ3n) is 5.60. The van der Waals surface area contributed by atoms with Crippen LogP contribution in [0.2, 0.25) is 5.02 Å². The molecule has 186 valence electrons. The van der Waals surface area contributed by atoms with E-state index in [1.165, 1.54) is 12.1 Å². The van der Waals surface area contributed by atoms with Crippen molar-refractivity contribution in [1.29, 1.82) is 0 Å². The lowest BCUT2D eigenvalue weighted by atomic mass is 9.94. The van der Waals surface area contributed by atoms with Gasteiger partial charge >= 0.3 is 5.97 Å². The number of carbonyl (C=O) groups excluding carboxylic acids is 1. The van der Waals surface area contributed by atoms with Crippen LogP contribution in [0.15, 0.2) is 53.1 Å². The van der Waals surface area contributed by atoms with Crippen LogP contribution in [-0.2, 0) is 22.4 Å². The fourth-order valence-electron chi connectivity index (χ4n) is 3.70. The summed E-state index contributed by atoms with van der Waals surface area (Å²) in [5.74, 6) is -2.60. The van der Waals surface area contributed by atoms with Crippen LogP contribution in [-0.4, -0.2) is 41.4 Å². The third-order valence-corrected chi connectivity index (χ3v) is 5.83. The minimum atomic E-state index is -1.00. The molecule has 1 amide bonds. The molecule has 0 spiro atoms. The molecular formula is C26H28ClFN2O5. The highest BCUT2D eigenvalue weighted by molar-refractivity contribution is 6.30. The van der Waals surface area contributed by atoms with Crippen molar-refractivity contribution >= 4 is 23.5 Å². The number of benzene rings is 2. The van der Waals surface area contributed by atoms with E-state index in [0.717, 1.165) is 5.56 Å². The average molecular weight is 503 g/mol. The van der Waals surface area contributed by atoms with E-state index >= 15 is 0 Å². The number of carboxylic acid groups (broad SMARTS) is 1. The third kappa shape index (κ3) is 7.37. The van der Waals surface area contributed by atoms with Gasteiger partial charge in [0.05, 0.1) is 18.2 Å². The fraction of sp³-hybridized carbons (Fsp3) is 0.346. The molecular weight excluding hydrogens is 475 g/mol. The van der Waals surface area contributed by atoms with E-state index in [0.29, 0.717) is 41.3 Å². The first kappa shape index (κ1) is 26.4. The van der Waals surface area contributed by atoms with Crippen LogP contribution >= 0.6 is 11.6 Å². The first-order valence-corrected chi connectivity index (χ1v) is 11.8. The van der Waals surface area contributed by atoms with Crippen molar-refractivity contribution in [3.63, 3.8) is 0 Å². The van der Waals surface area contributed by atoms with Gasteiger partial charge in [0.2, 0.25) is 5.76 Å². The number of nitrogens with zero attached hydrogens (tertiary/aromatic N) is 1. The maximum absolute atomic E-state index is 14.2. The molecule has 0 aliphatic carbocycles. The molecule has 0 bridgehead atoms. The standard InChI is InChI=1S/C26H28ClFN2O5/c1-3-20-14-24(35-30-20)25(31)29-21(12-18(26(32)33)15-34-4-2)11-16-5-7-17(8-6-16)22-13-19(27)9-10-23(22)28/h5-10,13-14,18,21H,3-4,11-12,15H2,1-2H3,(H,29,31)(H,32,33)/t18-,21+/m0/s1. The molecule has 2 atom stereocenters. The van der Waals surface area contributed by atoms with Crippen LogP contribution in [0.3, 0.4) is 0 Å². The number of hydrogen-bond acceptors (Lipinski definition) is 5. The Morgan fingerprint density at radius 1 is 1.17 bits per heavy atom. The van der Waals surface area contributed by atoms with Gasteiger partial charge in [0.15, 0.2) is 0 Å². The topological polar surface area (TPSA) is 102 Å². The molecule has 2 N–H and O–H groups in total. The predicted octanol–water partition coefficient (Wildman–Crippen LogP) is 5.17. The van der Waals surface area contributed by atoms with E-state index in [2.05, 4.69) is 10.5 Å². The van der Waals surface area contributed by atoms with Gasteiger partial charge in [0.25, 0.3) is 5.91 Å².